The summed E-state index contributed by atoms with van der Waals surface area (Å²) >= 11 is 5.75. The Morgan fingerprint density at radius 1 is 1.42 bits per heavy atom. The van der Waals surface area contributed by atoms with E-state index in [1.807, 2.05) is 0 Å². The molecule has 0 aliphatic rings. The van der Waals surface area contributed by atoms with Gasteiger partial charge in [0.15, 0.2) is 6.10 Å². The van der Waals surface area contributed by atoms with Crippen LogP contribution in [-0.4, -0.2) is 22.9 Å². The maximum Gasteiger partial charge on any atom is 0.345 e. The predicted octanol–water partition coefficient (Wildman–Crippen LogP) is 2.70. The molecule has 8 nitrogen and oxygen atoms in total. The summed E-state index contributed by atoms with van der Waals surface area (Å²) in [6.07, 6.45) is 0.314. The average Bonchev–Trinajstić information content (AvgIpc) is 3.05. The van der Waals surface area contributed by atoms with Crippen LogP contribution in [0.4, 0.5) is 5.69 Å². The lowest BCUT2D eigenvalue weighted by Crippen LogP contribution is -2.35. The molecule has 0 fully saturated rings. The number of nitrogens with one attached hydrogen (secondary N) is 1. The van der Waals surface area contributed by atoms with Gasteiger partial charge >= 0.3 is 5.97 Å². The molecule has 126 valence electrons. The molecule has 0 bridgehead atoms. The first-order valence-corrected chi connectivity index (χ1v) is 7.21. The molecule has 2 rings (SSSR count). The highest BCUT2D eigenvalue weighted by Gasteiger charge is 2.25. The SMILES string of the molecule is C[C@H](OC(=O)c1cc(Cl)ccc1[N+](=O)[O-])C(=O)NCc1ccco1. The summed E-state index contributed by atoms with van der Waals surface area (Å²) in [4.78, 5) is 34.2. The van der Waals surface area contributed by atoms with Gasteiger partial charge in [-0.25, -0.2) is 4.79 Å². The van der Waals surface area contributed by atoms with Gasteiger partial charge in [0, 0.05) is 11.1 Å². The van der Waals surface area contributed by atoms with Gasteiger partial charge in [-0.2, -0.15) is 0 Å². The molecule has 1 amide bonds. The second-order valence-electron chi connectivity index (χ2n) is 4.76. The predicted molar refractivity (Wildman–Crippen MR) is 83.5 cm³/mol. The zero-order chi connectivity index (χ0) is 17.7. The number of amides is 1. The molecule has 9 heteroatoms. The third-order valence-corrected chi connectivity index (χ3v) is 3.28. The van der Waals surface area contributed by atoms with Crippen molar-refractivity contribution < 1.29 is 23.7 Å². The molecule has 0 unspecified atom stereocenters. The van der Waals surface area contributed by atoms with E-state index >= 15 is 0 Å². The normalized spacial score (nSPS) is 11.6. The van der Waals surface area contributed by atoms with E-state index in [4.69, 9.17) is 20.8 Å². The van der Waals surface area contributed by atoms with Gasteiger partial charge < -0.3 is 14.5 Å². The number of hydrogen-bond donors (Lipinski definition) is 1. The number of ether oxygens (including phenoxy) is 1. The molecular formula is C15H13ClN2O6. The summed E-state index contributed by atoms with van der Waals surface area (Å²) in [5, 5.41) is 13.6. The fourth-order valence-corrected chi connectivity index (χ4v) is 2.01. The lowest BCUT2D eigenvalue weighted by atomic mass is 10.2. The molecular weight excluding hydrogens is 340 g/mol. The van der Waals surface area contributed by atoms with Crippen molar-refractivity contribution in [1.82, 2.24) is 5.32 Å². The highest BCUT2D eigenvalue weighted by atomic mass is 35.5. The molecule has 24 heavy (non-hydrogen) atoms. The van der Waals surface area contributed by atoms with Crippen LogP contribution in [0.25, 0.3) is 0 Å². The topological polar surface area (TPSA) is 112 Å². The van der Waals surface area contributed by atoms with Crippen molar-refractivity contribution in [3.8, 4) is 0 Å². The Kier molecular flexibility index (Phi) is 5.54. The summed E-state index contributed by atoms with van der Waals surface area (Å²) in [6, 6.07) is 6.85. The van der Waals surface area contributed by atoms with Crippen LogP contribution in [0.15, 0.2) is 41.0 Å². The fourth-order valence-electron chi connectivity index (χ4n) is 1.84. The molecule has 2 aromatic rings. The number of carbonyl (C=O) groups excluding carboxylic acids is 2. The van der Waals surface area contributed by atoms with Gasteiger partial charge in [0.25, 0.3) is 11.6 Å². The highest BCUT2D eigenvalue weighted by molar-refractivity contribution is 6.31. The van der Waals surface area contributed by atoms with Crippen molar-refractivity contribution in [2.45, 2.75) is 19.6 Å². The van der Waals surface area contributed by atoms with Gasteiger partial charge in [0.05, 0.1) is 17.7 Å². The van der Waals surface area contributed by atoms with E-state index in [1.165, 1.54) is 19.3 Å². The first-order valence-electron chi connectivity index (χ1n) is 6.83. The lowest BCUT2D eigenvalue weighted by Gasteiger charge is -2.13. The van der Waals surface area contributed by atoms with E-state index in [-0.39, 0.29) is 17.1 Å². The molecule has 1 heterocycles. The largest absolute Gasteiger partial charge is 0.467 e. The number of halogens is 1. The number of nitro benzene ring substituents is 1. The Labute approximate surface area is 141 Å². The summed E-state index contributed by atoms with van der Waals surface area (Å²) in [7, 11) is 0. The summed E-state index contributed by atoms with van der Waals surface area (Å²) in [6.45, 7) is 1.48. The van der Waals surface area contributed by atoms with Crippen LogP contribution in [0, 0.1) is 10.1 Å². The number of furan rings is 1. The van der Waals surface area contributed by atoms with Crippen LogP contribution in [-0.2, 0) is 16.1 Å². The molecule has 0 aliphatic heterocycles. The zero-order valence-corrected chi connectivity index (χ0v) is 13.3. The maximum absolute atomic E-state index is 12.1. The molecule has 0 aliphatic carbocycles. The Morgan fingerprint density at radius 3 is 2.79 bits per heavy atom. The second-order valence-corrected chi connectivity index (χ2v) is 5.20. The van der Waals surface area contributed by atoms with Gasteiger partial charge in [-0.1, -0.05) is 11.6 Å². The molecule has 0 spiro atoms. The van der Waals surface area contributed by atoms with Crippen molar-refractivity contribution in [3.05, 3.63) is 63.1 Å². The maximum atomic E-state index is 12.1. The Balaban J connectivity index is 2.02. The van der Waals surface area contributed by atoms with E-state index < -0.39 is 28.6 Å². The Bertz CT molecular complexity index is 759. The number of benzene rings is 1. The monoisotopic (exact) mass is 352 g/mol. The number of nitro groups is 1. The van der Waals surface area contributed by atoms with Crippen molar-refractivity contribution in [2.24, 2.45) is 0 Å². The number of rotatable bonds is 6. The average molecular weight is 353 g/mol. The van der Waals surface area contributed by atoms with Crippen LogP contribution >= 0.6 is 11.6 Å². The minimum Gasteiger partial charge on any atom is -0.467 e. The van der Waals surface area contributed by atoms with Crippen molar-refractivity contribution >= 4 is 29.2 Å². The third kappa shape index (κ3) is 4.32. The van der Waals surface area contributed by atoms with Crippen LogP contribution in [0.2, 0.25) is 5.02 Å². The molecule has 1 atom stereocenters. The van der Waals surface area contributed by atoms with Crippen LogP contribution < -0.4 is 5.32 Å². The van der Waals surface area contributed by atoms with E-state index in [0.717, 1.165) is 12.1 Å². The zero-order valence-electron chi connectivity index (χ0n) is 12.5. The van der Waals surface area contributed by atoms with E-state index in [2.05, 4.69) is 5.32 Å². The second kappa shape index (κ2) is 7.60. The van der Waals surface area contributed by atoms with Gasteiger partial charge in [0.1, 0.15) is 11.3 Å². The molecule has 0 saturated heterocycles. The summed E-state index contributed by atoms with van der Waals surface area (Å²) in [5.74, 6) is -1.04. The minimum absolute atomic E-state index is 0.130. The number of nitrogens with zero attached hydrogens (tertiary/aromatic N) is 1. The van der Waals surface area contributed by atoms with Crippen molar-refractivity contribution in [2.75, 3.05) is 0 Å². The van der Waals surface area contributed by atoms with Crippen LogP contribution in [0.1, 0.15) is 23.0 Å². The minimum atomic E-state index is -1.15. The first kappa shape index (κ1) is 17.5. The quantitative estimate of drug-likeness (QED) is 0.486. The first-order chi connectivity index (χ1) is 11.4. The smallest absolute Gasteiger partial charge is 0.345 e. The Hall–Kier alpha value is -2.87. The molecule has 1 N–H and O–H groups in total. The lowest BCUT2D eigenvalue weighted by molar-refractivity contribution is -0.385. The van der Waals surface area contributed by atoms with Gasteiger partial charge in [0.2, 0.25) is 0 Å². The number of hydrogen-bond acceptors (Lipinski definition) is 6. The summed E-state index contributed by atoms with van der Waals surface area (Å²) in [5.41, 5.74) is -0.772. The van der Waals surface area contributed by atoms with Crippen molar-refractivity contribution in [3.63, 3.8) is 0 Å². The van der Waals surface area contributed by atoms with Gasteiger partial charge in [-0.05, 0) is 31.2 Å². The third-order valence-electron chi connectivity index (χ3n) is 3.05. The summed E-state index contributed by atoms with van der Waals surface area (Å²) < 4.78 is 10.0. The molecule has 1 aromatic carbocycles. The van der Waals surface area contributed by atoms with Gasteiger partial charge in [-0.15, -0.1) is 0 Å². The highest BCUT2D eigenvalue weighted by Crippen LogP contribution is 2.23. The number of carbonyl (C=O) groups is 2. The van der Waals surface area contributed by atoms with Crippen molar-refractivity contribution in [1.29, 1.82) is 0 Å². The van der Waals surface area contributed by atoms with Crippen LogP contribution in [0.3, 0.4) is 0 Å². The molecule has 0 saturated carbocycles. The van der Waals surface area contributed by atoms with E-state index in [1.54, 1.807) is 12.1 Å². The van der Waals surface area contributed by atoms with Crippen LogP contribution in [0.5, 0.6) is 0 Å². The number of esters is 1. The molecule has 0 radical (unpaired) electrons. The Morgan fingerprint density at radius 2 is 2.17 bits per heavy atom. The molecule has 1 aromatic heterocycles. The van der Waals surface area contributed by atoms with E-state index in [9.17, 15) is 19.7 Å². The van der Waals surface area contributed by atoms with E-state index in [0.29, 0.717) is 5.76 Å². The standard InChI is InChI=1S/C15H13ClN2O6/c1-9(14(19)17-8-11-3-2-6-23-11)24-15(20)12-7-10(16)4-5-13(12)18(21)22/h2-7,9H,8H2,1H3,(H,17,19)/t9-/m0/s1. The fraction of sp³-hybridized carbons (Fsp3) is 0.200. The van der Waals surface area contributed by atoms with Gasteiger partial charge in [-0.3, -0.25) is 14.9 Å².